The van der Waals surface area contributed by atoms with E-state index in [-0.39, 0.29) is 19.1 Å². The first-order valence-corrected chi connectivity index (χ1v) is 7.47. The number of halogens is 3. The van der Waals surface area contributed by atoms with Crippen LogP contribution in [0.15, 0.2) is 36.4 Å². The maximum absolute atomic E-state index is 12.4. The Morgan fingerprint density at radius 1 is 1.08 bits per heavy atom. The maximum Gasteiger partial charge on any atom is 0.573 e. The molecule has 0 fully saturated rings. The number of benzene rings is 2. The number of hydrogen-bond donors (Lipinski definition) is 1. The predicted octanol–water partition coefficient (Wildman–Crippen LogP) is 3.61. The molecule has 0 amide bonds. The molecule has 0 saturated carbocycles. The monoisotopic (exact) mass is 355 g/mol. The van der Waals surface area contributed by atoms with E-state index in [9.17, 15) is 13.2 Å². The van der Waals surface area contributed by atoms with Crippen LogP contribution in [-0.4, -0.2) is 20.3 Å². The Bertz CT molecular complexity index is 749. The van der Waals surface area contributed by atoms with E-state index < -0.39 is 6.36 Å². The normalized spacial score (nSPS) is 13.0. The Morgan fingerprint density at radius 2 is 1.88 bits per heavy atom. The Balaban J connectivity index is 1.66. The van der Waals surface area contributed by atoms with E-state index in [0.717, 1.165) is 5.56 Å². The van der Waals surface area contributed by atoms with Gasteiger partial charge in [0.2, 0.25) is 12.5 Å². The lowest BCUT2D eigenvalue weighted by Gasteiger charge is -2.14. The van der Waals surface area contributed by atoms with E-state index in [4.69, 9.17) is 14.2 Å². The highest BCUT2D eigenvalue weighted by atomic mass is 19.4. The summed E-state index contributed by atoms with van der Waals surface area (Å²) in [4.78, 5) is 0. The fourth-order valence-electron chi connectivity index (χ4n) is 2.50. The first-order chi connectivity index (χ1) is 12.0. The van der Waals surface area contributed by atoms with Gasteiger partial charge in [-0.3, -0.25) is 0 Å². The van der Waals surface area contributed by atoms with Crippen molar-refractivity contribution < 1.29 is 32.1 Å². The Morgan fingerprint density at radius 3 is 2.64 bits per heavy atom. The molecule has 1 aliphatic rings. The van der Waals surface area contributed by atoms with Crippen molar-refractivity contribution in [1.82, 2.24) is 5.32 Å². The lowest BCUT2D eigenvalue weighted by Crippen LogP contribution is -2.20. The van der Waals surface area contributed by atoms with Gasteiger partial charge in [0.25, 0.3) is 0 Å². The summed E-state index contributed by atoms with van der Waals surface area (Å²) in [5.41, 5.74) is 1.27. The van der Waals surface area contributed by atoms with Gasteiger partial charge in [-0.15, -0.1) is 13.2 Å². The Kier molecular flexibility index (Phi) is 4.89. The second-order valence-corrected chi connectivity index (χ2v) is 5.29. The van der Waals surface area contributed by atoms with Crippen molar-refractivity contribution in [2.45, 2.75) is 19.5 Å². The molecule has 25 heavy (non-hydrogen) atoms. The number of fused-ring (bicyclic) bond motifs is 1. The molecule has 8 heteroatoms. The molecule has 0 spiro atoms. The van der Waals surface area contributed by atoms with Crippen molar-refractivity contribution in [3.05, 3.63) is 47.5 Å². The van der Waals surface area contributed by atoms with Crippen LogP contribution in [0.3, 0.4) is 0 Å². The average Bonchev–Trinajstić information content (AvgIpc) is 3.03. The maximum atomic E-state index is 12.4. The van der Waals surface area contributed by atoms with Crippen LogP contribution in [-0.2, 0) is 13.1 Å². The van der Waals surface area contributed by atoms with Crippen LogP contribution in [0, 0.1) is 0 Å². The Hall–Kier alpha value is -2.61. The number of para-hydroxylation sites is 1. The molecule has 5 nitrogen and oxygen atoms in total. The lowest BCUT2D eigenvalue weighted by atomic mass is 10.1. The average molecular weight is 355 g/mol. The zero-order valence-electron chi connectivity index (χ0n) is 13.4. The molecule has 2 aromatic carbocycles. The summed E-state index contributed by atoms with van der Waals surface area (Å²) in [6, 6.07) is 9.61. The summed E-state index contributed by atoms with van der Waals surface area (Å²) >= 11 is 0. The Labute approximate surface area is 142 Å². The fraction of sp³-hybridized carbons (Fsp3) is 0.294. The summed E-state index contributed by atoms with van der Waals surface area (Å²) < 4.78 is 57.3. The number of nitrogens with one attached hydrogen (secondary N) is 1. The third-order valence-electron chi connectivity index (χ3n) is 3.56. The molecule has 0 bridgehead atoms. The standard InChI is InChI=1S/C17H16F3NO4/c1-22-14-6-11(7-15-16(14)24-10-23-15)8-21-9-12-4-2-3-5-13(12)25-17(18,19)20/h2-7,21H,8-10H2,1H3. The van der Waals surface area contributed by atoms with E-state index in [1.54, 1.807) is 24.3 Å². The highest BCUT2D eigenvalue weighted by Crippen LogP contribution is 2.41. The summed E-state index contributed by atoms with van der Waals surface area (Å²) in [6.07, 6.45) is -4.72. The molecule has 0 atom stereocenters. The molecule has 1 aliphatic heterocycles. The van der Waals surface area contributed by atoms with Crippen molar-refractivity contribution in [1.29, 1.82) is 0 Å². The van der Waals surface area contributed by atoms with Gasteiger partial charge < -0.3 is 24.3 Å². The molecule has 134 valence electrons. The van der Waals surface area contributed by atoms with E-state index >= 15 is 0 Å². The highest BCUT2D eigenvalue weighted by molar-refractivity contribution is 5.55. The topological polar surface area (TPSA) is 49.0 Å². The van der Waals surface area contributed by atoms with E-state index in [0.29, 0.717) is 29.4 Å². The molecule has 1 heterocycles. The largest absolute Gasteiger partial charge is 0.573 e. The van der Waals surface area contributed by atoms with Crippen LogP contribution in [0.1, 0.15) is 11.1 Å². The molecule has 0 unspecified atom stereocenters. The van der Waals surface area contributed by atoms with E-state index in [1.807, 2.05) is 0 Å². The quantitative estimate of drug-likeness (QED) is 0.858. The summed E-state index contributed by atoms with van der Waals surface area (Å²) in [6.45, 7) is 0.751. The van der Waals surface area contributed by atoms with Gasteiger partial charge in [-0.1, -0.05) is 18.2 Å². The number of hydrogen-bond acceptors (Lipinski definition) is 5. The second kappa shape index (κ2) is 7.10. The van der Waals surface area contributed by atoms with Crippen LogP contribution >= 0.6 is 0 Å². The SMILES string of the molecule is COc1cc(CNCc2ccccc2OC(F)(F)F)cc2c1OCO2. The number of alkyl halides is 3. The third-order valence-corrected chi connectivity index (χ3v) is 3.56. The molecule has 0 radical (unpaired) electrons. The fourth-order valence-corrected chi connectivity index (χ4v) is 2.50. The van der Waals surface area contributed by atoms with Crippen LogP contribution < -0.4 is 24.3 Å². The molecule has 1 N–H and O–H groups in total. The van der Waals surface area contributed by atoms with Crippen LogP contribution in [0.4, 0.5) is 13.2 Å². The minimum absolute atomic E-state index is 0.130. The number of rotatable bonds is 6. The highest BCUT2D eigenvalue weighted by Gasteiger charge is 2.31. The molecular formula is C17H16F3NO4. The first kappa shape index (κ1) is 17.2. The molecule has 3 rings (SSSR count). The number of ether oxygens (including phenoxy) is 4. The van der Waals surface area contributed by atoms with Crippen molar-refractivity contribution >= 4 is 0 Å². The van der Waals surface area contributed by atoms with Gasteiger partial charge >= 0.3 is 6.36 Å². The molecule has 0 saturated heterocycles. The molecular weight excluding hydrogens is 339 g/mol. The van der Waals surface area contributed by atoms with E-state index in [2.05, 4.69) is 10.1 Å². The van der Waals surface area contributed by atoms with Crippen LogP contribution in [0.5, 0.6) is 23.0 Å². The predicted molar refractivity (Wildman–Crippen MR) is 82.8 cm³/mol. The zero-order chi connectivity index (χ0) is 17.9. The van der Waals surface area contributed by atoms with Crippen molar-refractivity contribution in [2.24, 2.45) is 0 Å². The van der Waals surface area contributed by atoms with Gasteiger partial charge in [0.1, 0.15) is 5.75 Å². The zero-order valence-corrected chi connectivity index (χ0v) is 13.4. The van der Waals surface area contributed by atoms with Gasteiger partial charge in [-0.05, 0) is 23.8 Å². The molecule has 0 aliphatic carbocycles. The second-order valence-electron chi connectivity index (χ2n) is 5.29. The van der Waals surface area contributed by atoms with Crippen molar-refractivity contribution in [3.63, 3.8) is 0 Å². The van der Waals surface area contributed by atoms with Gasteiger partial charge in [-0.2, -0.15) is 0 Å². The van der Waals surface area contributed by atoms with E-state index in [1.165, 1.54) is 19.2 Å². The van der Waals surface area contributed by atoms with Gasteiger partial charge in [0.15, 0.2) is 11.5 Å². The minimum atomic E-state index is -4.72. The summed E-state index contributed by atoms with van der Waals surface area (Å²) in [5.74, 6) is 1.46. The minimum Gasteiger partial charge on any atom is -0.493 e. The first-order valence-electron chi connectivity index (χ1n) is 7.47. The van der Waals surface area contributed by atoms with Crippen molar-refractivity contribution in [3.8, 4) is 23.0 Å². The summed E-state index contributed by atoms with van der Waals surface area (Å²) in [5, 5.41) is 3.09. The van der Waals surface area contributed by atoms with Gasteiger partial charge in [-0.25, -0.2) is 0 Å². The molecule has 2 aromatic rings. The lowest BCUT2D eigenvalue weighted by molar-refractivity contribution is -0.274. The van der Waals surface area contributed by atoms with Crippen LogP contribution in [0.2, 0.25) is 0 Å². The van der Waals surface area contributed by atoms with Crippen molar-refractivity contribution in [2.75, 3.05) is 13.9 Å². The smallest absolute Gasteiger partial charge is 0.493 e. The molecule has 0 aromatic heterocycles. The van der Waals surface area contributed by atoms with Crippen LogP contribution in [0.25, 0.3) is 0 Å². The van der Waals surface area contributed by atoms with Gasteiger partial charge in [0, 0.05) is 18.7 Å². The third kappa shape index (κ3) is 4.27. The summed E-state index contributed by atoms with van der Waals surface area (Å²) in [7, 11) is 1.53. The number of methoxy groups -OCH3 is 1. The van der Waals surface area contributed by atoms with Gasteiger partial charge in [0.05, 0.1) is 7.11 Å².